The van der Waals surface area contributed by atoms with Gasteiger partial charge in [-0.2, -0.15) is 5.10 Å². The molecule has 9 heteroatoms. The molecule has 0 fully saturated rings. The van der Waals surface area contributed by atoms with E-state index in [1.807, 2.05) is 25.1 Å². The summed E-state index contributed by atoms with van der Waals surface area (Å²) in [5.41, 5.74) is 2.82. The second-order valence-electron chi connectivity index (χ2n) is 7.73. The lowest BCUT2D eigenvalue weighted by molar-refractivity contribution is -0.130. The number of amides is 2. The van der Waals surface area contributed by atoms with Gasteiger partial charge in [0.15, 0.2) is 0 Å². The third-order valence-corrected chi connectivity index (χ3v) is 5.41. The van der Waals surface area contributed by atoms with E-state index in [1.54, 1.807) is 36.4 Å². The van der Waals surface area contributed by atoms with Crippen molar-refractivity contribution in [2.75, 3.05) is 39.1 Å². The zero-order valence-corrected chi connectivity index (χ0v) is 19.6. The molecular weight excluding hydrogens is 451 g/mol. The van der Waals surface area contributed by atoms with Crippen molar-refractivity contribution in [3.8, 4) is 0 Å². The molecule has 0 bridgehead atoms. The Morgan fingerprint density at radius 3 is 2.78 bits per heavy atom. The first-order valence-electron chi connectivity index (χ1n) is 10.3. The molecule has 0 radical (unpaired) electrons. The monoisotopic (exact) mass is 476 g/mol. The van der Waals surface area contributed by atoms with E-state index in [9.17, 15) is 9.59 Å². The molecule has 32 heavy (non-hydrogen) atoms. The summed E-state index contributed by atoms with van der Waals surface area (Å²) >= 11 is 12.3. The van der Waals surface area contributed by atoms with Crippen LogP contribution in [-0.4, -0.2) is 61.4 Å². The van der Waals surface area contributed by atoms with Gasteiger partial charge in [0.1, 0.15) is 0 Å². The van der Waals surface area contributed by atoms with Crippen LogP contribution in [0.15, 0.2) is 47.6 Å². The summed E-state index contributed by atoms with van der Waals surface area (Å²) in [6, 6.07) is 12.3. The van der Waals surface area contributed by atoms with Crippen LogP contribution in [0.4, 0.5) is 10.5 Å². The molecule has 0 unspecified atom stereocenters. The molecule has 1 aliphatic rings. The van der Waals surface area contributed by atoms with Crippen molar-refractivity contribution in [3.05, 3.63) is 63.6 Å². The molecular formula is C23H26Cl2N4O3. The predicted octanol–water partition coefficient (Wildman–Crippen LogP) is 4.67. The van der Waals surface area contributed by atoms with Crippen molar-refractivity contribution in [2.24, 2.45) is 5.10 Å². The maximum absolute atomic E-state index is 12.8. The molecule has 2 aromatic carbocycles. The molecule has 1 aliphatic heterocycles. The zero-order valence-electron chi connectivity index (χ0n) is 18.1. The van der Waals surface area contributed by atoms with E-state index in [1.165, 1.54) is 5.01 Å². The van der Waals surface area contributed by atoms with Crippen LogP contribution < -0.4 is 5.32 Å². The van der Waals surface area contributed by atoms with E-state index in [0.29, 0.717) is 35.3 Å². The van der Waals surface area contributed by atoms with Gasteiger partial charge in [0.2, 0.25) is 5.91 Å². The summed E-state index contributed by atoms with van der Waals surface area (Å²) in [7, 11) is 3.93. The highest BCUT2D eigenvalue weighted by Crippen LogP contribution is 2.25. The molecule has 0 saturated heterocycles. The number of hydrazone groups is 1. The van der Waals surface area contributed by atoms with E-state index >= 15 is 0 Å². The third-order valence-electron chi connectivity index (χ3n) is 4.84. The first kappa shape index (κ1) is 24.0. The number of halogens is 2. The van der Waals surface area contributed by atoms with Crippen LogP contribution in [0.25, 0.3) is 0 Å². The molecule has 170 valence electrons. The highest BCUT2D eigenvalue weighted by molar-refractivity contribution is 6.36. The fraction of sp³-hybridized carbons (Fsp3) is 0.348. The number of nitrogens with zero attached hydrogens (tertiary/aromatic N) is 3. The number of nitrogens with one attached hydrogen (secondary N) is 1. The van der Waals surface area contributed by atoms with E-state index in [2.05, 4.69) is 10.4 Å². The van der Waals surface area contributed by atoms with Crippen LogP contribution in [-0.2, 0) is 16.0 Å². The quantitative estimate of drug-likeness (QED) is 0.561. The van der Waals surface area contributed by atoms with Crippen molar-refractivity contribution in [3.63, 3.8) is 0 Å². The van der Waals surface area contributed by atoms with E-state index < -0.39 is 6.09 Å². The molecule has 0 aromatic heterocycles. The molecule has 7 nitrogen and oxygen atoms in total. The van der Waals surface area contributed by atoms with Gasteiger partial charge in [-0.1, -0.05) is 35.3 Å². The SMILES string of the molecule is CN(C)CCCOC(=O)Nc1cccc(CC(=O)N2CCC(c3cc(Cl)ccc3Cl)=N2)c1. The Balaban J connectivity index is 1.56. The highest BCUT2D eigenvalue weighted by Gasteiger charge is 2.23. The third kappa shape index (κ3) is 6.95. The smallest absolute Gasteiger partial charge is 0.411 e. The fourth-order valence-electron chi connectivity index (χ4n) is 3.27. The number of benzene rings is 2. The summed E-state index contributed by atoms with van der Waals surface area (Å²) in [6.07, 6.45) is 1.01. The predicted molar refractivity (Wildman–Crippen MR) is 128 cm³/mol. The van der Waals surface area contributed by atoms with Crippen LogP contribution in [0.2, 0.25) is 10.0 Å². The van der Waals surface area contributed by atoms with Gasteiger partial charge in [-0.3, -0.25) is 10.1 Å². The minimum Gasteiger partial charge on any atom is -0.449 e. The minimum atomic E-state index is -0.514. The summed E-state index contributed by atoms with van der Waals surface area (Å²) in [5.74, 6) is -0.137. The number of hydrogen-bond acceptors (Lipinski definition) is 5. The minimum absolute atomic E-state index is 0.137. The maximum Gasteiger partial charge on any atom is 0.411 e. The molecule has 0 aliphatic carbocycles. The Hall–Kier alpha value is -2.61. The molecule has 2 amide bonds. The molecule has 1 heterocycles. The van der Waals surface area contributed by atoms with Crippen LogP contribution in [0.1, 0.15) is 24.0 Å². The van der Waals surface area contributed by atoms with E-state index in [-0.39, 0.29) is 12.3 Å². The van der Waals surface area contributed by atoms with Gasteiger partial charge in [-0.25, -0.2) is 9.80 Å². The van der Waals surface area contributed by atoms with Crippen LogP contribution >= 0.6 is 23.2 Å². The molecule has 0 spiro atoms. The molecule has 0 saturated carbocycles. The number of anilines is 1. The lowest BCUT2D eigenvalue weighted by Crippen LogP contribution is -2.25. The van der Waals surface area contributed by atoms with Gasteiger partial charge >= 0.3 is 6.09 Å². The molecule has 3 rings (SSSR count). The van der Waals surface area contributed by atoms with E-state index in [4.69, 9.17) is 27.9 Å². The number of carbonyl (C=O) groups excluding carboxylic acids is 2. The van der Waals surface area contributed by atoms with Crippen molar-refractivity contribution >= 4 is 46.6 Å². The topological polar surface area (TPSA) is 74.2 Å². The van der Waals surface area contributed by atoms with Gasteiger partial charge in [0.25, 0.3) is 0 Å². The second-order valence-corrected chi connectivity index (χ2v) is 8.58. The standard InChI is InChI=1S/C23H26Cl2N4O3/c1-28(2)10-4-12-32-23(31)26-18-6-3-5-16(13-18)14-22(30)29-11-9-21(27-29)19-15-17(24)7-8-20(19)25/h3,5-8,13,15H,4,9-12,14H2,1-2H3,(H,26,31). The lowest BCUT2D eigenvalue weighted by Gasteiger charge is -2.13. The van der Waals surface area contributed by atoms with Crippen molar-refractivity contribution < 1.29 is 14.3 Å². The average Bonchev–Trinajstić information content (AvgIpc) is 3.23. The van der Waals surface area contributed by atoms with Gasteiger partial charge in [-0.15, -0.1) is 0 Å². The summed E-state index contributed by atoms with van der Waals surface area (Å²) in [5, 5.41) is 9.71. The largest absolute Gasteiger partial charge is 0.449 e. The van der Waals surface area contributed by atoms with Crippen molar-refractivity contribution in [2.45, 2.75) is 19.3 Å². The summed E-state index contributed by atoms with van der Waals surface area (Å²) < 4.78 is 5.18. The second kappa shape index (κ2) is 11.3. The Bertz CT molecular complexity index is 1010. The first-order chi connectivity index (χ1) is 15.3. The van der Waals surface area contributed by atoms with Crippen molar-refractivity contribution in [1.82, 2.24) is 9.91 Å². The van der Waals surface area contributed by atoms with Crippen LogP contribution in [0, 0.1) is 0 Å². The Morgan fingerprint density at radius 2 is 2.00 bits per heavy atom. The lowest BCUT2D eigenvalue weighted by atomic mass is 10.1. The average molecular weight is 477 g/mol. The molecule has 1 N–H and O–H groups in total. The summed E-state index contributed by atoms with van der Waals surface area (Å²) in [6.45, 7) is 1.66. The number of rotatable bonds is 8. The number of carbonyl (C=O) groups is 2. The van der Waals surface area contributed by atoms with Gasteiger partial charge in [0, 0.05) is 34.3 Å². The van der Waals surface area contributed by atoms with Gasteiger partial charge in [-0.05, 0) is 56.4 Å². The Kier molecular flexibility index (Phi) is 8.50. The van der Waals surface area contributed by atoms with Gasteiger partial charge in [0.05, 0.1) is 25.3 Å². The Morgan fingerprint density at radius 1 is 1.19 bits per heavy atom. The fourth-order valence-corrected chi connectivity index (χ4v) is 3.67. The first-order valence-corrected chi connectivity index (χ1v) is 11.1. The number of ether oxygens (including phenoxy) is 1. The normalized spacial score (nSPS) is 13.3. The van der Waals surface area contributed by atoms with E-state index in [0.717, 1.165) is 29.8 Å². The molecule has 0 atom stereocenters. The highest BCUT2D eigenvalue weighted by atomic mass is 35.5. The van der Waals surface area contributed by atoms with Crippen LogP contribution in [0.5, 0.6) is 0 Å². The van der Waals surface area contributed by atoms with Crippen molar-refractivity contribution in [1.29, 1.82) is 0 Å². The van der Waals surface area contributed by atoms with Crippen LogP contribution in [0.3, 0.4) is 0 Å². The van der Waals surface area contributed by atoms with Gasteiger partial charge < -0.3 is 9.64 Å². The number of hydrogen-bond donors (Lipinski definition) is 1. The molecule has 2 aromatic rings. The maximum atomic E-state index is 12.8. The Labute approximate surface area is 197 Å². The zero-order chi connectivity index (χ0) is 23.1. The summed E-state index contributed by atoms with van der Waals surface area (Å²) in [4.78, 5) is 26.7.